The average molecular weight is 447 g/mol. The molecule has 3 atom stereocenters. The molecule has 2 aliphatic heterocycles. The summed E-state index contributed by atoms with van der Waals surface area (Å²) >= 11 is 1.42. The van der Waals surface area contributed by atoms with Crippen LogP contribution in [0.5, 0.6) is 5.75 Å². The van der Waals surface area contributed by atoms with E-state index >= 15 is 0 Å². The molecular weight excluding hydrogens is 424 g/mol. The van der Waals surface area contributed by atoms with E-state index in [0.717, 1.165) is 47.2 Å². The molecule has 1 fully saturated rings. The number of hydrogen-bond acceptors (Lipinski definition) is 6. The number of anilines is 1. The third kappa shape index (κ3) is 2.88. The second-order valence-electron chi connectivity index (χ2n) is 8.47. The fourth-order valence-corrected chi connectivity index (χ4v) is 6.14. The highest BCUT2D eigenvalue weighted by Gasteiger charge is 2.53. The Kier molecular flexibility index (Phi) is 4.54. The summed E-state index contributed by atoms with van der Waals surface area (Å²) in [5, 5.41) is 0.556. The number of ketones is 1. The zero-order valence-electron chi connectivity index (χ0n) is 17.6. The molecule has 0 spiro atoms. The topological polar surface area (TPSA) is 68.7 Å². The Balaban J connectivity index is 1.50. The summed E-state index contributed by atoms with van der Waals surface area (Å²) in [7, 11) is 1.62. The Morgan fingerprint density at radius 2 is 1.91 bits per heavy atom. The lowest BCUT2D eigenvalue weighted by atomic mass is 9.77. The number of thiazole rings is 1. The number of carbonyl (C=O) groups is 2. The first kappa shape index (κ1) is 19.5. The minimum atomic E-state index is -0.531. The molecule has 0 N–H and O–H groups in total. The number of benzene rings is 2. The summed E-state index contributed by atoms with van der Waals surface area (Å²) in [6.07, 6.45) is 3.48. The van der Waals surface area contributed by atoms with Crippen molar-refractivity contribution in [2.45, 2.75) is 37.8 Å². The molecule has 1 aromatic heterocycles. The van der Waals surface area contributed by atoms with Gasteiger partial charge in [-0.25, -0.2) is 4.98 Å². The maximum Gasteiger partial charge on any atom is 0.296 e. The van der Waals surface area contributed by atoms with E-state index in [1.807, 2.05) is 48.5 Å². The van der Waals surface area contributed by atoms with Crippen molar-refractivity contribution in [1.82, 2.24) is 4.98 Å². The molecule has 32 heavy (non-hydrogen) atoms. The van der Waals surface area contributed by atoms with Crippen molar-refractivity contribution in [3.05, 3.63) is 65.4 Å². The third-order valence-electron chi connectivity index (χ3n) is 6.67. The van der Waals surface area contributed by atoms with Gasteiger partial charge in [-0.1, -0.05) is 48.1 Å². The summed E-state index contributed by atoms with van der Waals surface area (Å²) in [6, 6.07) is 14.8. The molecule has 3 aromatic rings. The standard InChI is InChI=1S/C25H22N2O4S/c1-30-15-11-12-17-19(13-15)32-25(26-17)27-21(14-7-3-2-4-8-14)20-22(28)16-9-5-6-10-18(16)31-23(20)24(27)29/h2-4,7-8,11-13,16,18,21H,5-6,9-10H2,1H3. The molecule has 6 nitrogen and oxygen atoms in total. The van der Waals surface area contributed by atoms with Gasteiger partial charge in [-0.15, -0.1) is 0 Å². The Hall–Kier alpha value is -3.19. The van der Waals surface area contributed by atoms with Gasteiger partial charge in [0.05, 0.1) is 34.9 Å². The highest BCUT2D eigenvalue weighted by atomic mass is 32.1. The molecular formula is C25H22N2O4S. The lowest BCUT2D eigenvalue weighted by Gasteiger charge is -2.35. The lowest BCUT2D eigenvalue weighted by molar-refractivity contribution is -0.131. The van der Waals surface area contributed by atoms with Gasteiger partial charge in [-0.3, -0.25) is 14.5 Å². The fourth-order valence-electron chi connectivity index (χ4n) is 5.12. The number of fused-ring (bicyclic) bond motifs is 2. The Labute approximate surface area is 189 Å². The first-order chi connectivity index (χ1) is 15.7. The summed E-state index contributed by atoms with van der Waals surface area (Å²) in [6.45, 7) is 0. The van der Waals surface area contributed by atoms with Crippen molar-refractivity contribution in [3.8, 4) is 5.75 Å². The van der Waals surface area contributed by atoms with Crippen molar-refractivity contribution in [2.24, 2.45) is 5.92 Å². The quantitative estimate of drug-likeness (QED) is 0.578. The molecule has 1 saturated carbocycles. The van der Waals surface area contributed by atoms with Gasteiger partial charge in [0.15, 0.2) is 16.7 Å². The fraction of sp³-hybridized carbons (Fsp3) is 0.320. The van der Waals surface area contributed by atoms with E-state index in [0.29, 0.717) is 10.7 Å². The first-order valence-corrected chi connectivity index (χ1v) is 11.8. The van der Waals surface area contributed by atoms with Crippen molar-refractivity contribution in [2.75, 3.05) is 12.0 Å². The smallest absolute Gasteiger partial charge is 0.296 e. The van der Waals surface area contributed by atoms with Crippen LogP contribution >= 0.6 is 11.3 Å². The van der Waals surface area contributed by atoms with E-state index in [-0.39, 0.29) is 29.5 Å². The highest BCUT2D eigenvalue weighted by Crippen LogP contribution is 2.49. The van der Waals surface area contributed by atoms with E-state index < -0.39 is 6.04 Å². The van der Waals surface area contributed by atoms with Crippen LogP contribution in [0.15, 0.2) is 59.9 Å². The molecule has 2 aromatic carbocycles. The predicted octanol–water partition coefficient (Wildman–Crippen LogP) is 4.81. The van der Waals surface area contributed by atoms with Crippen molar-refractivity contribution in [3.63, 3.8) is 0 Å². The number of amides is 1. The molecule has 0 bridgehead atoms. The van der Waals surface area contributed by atoms with Crippen LogP contribution in [0.2, 0.25) is 0 Å². The van der Waals surface area contributed by atoms with Gasteiger partial charge in [0.25, 0.3) is 5.91 Å². The lowest BCUT2D eigenvalue weighted by Crippen LogP contribution is -2.39. The van der Waals surface area contributed by atoms with Gasteiger partial charge in [0.1, 0.15) is 11.9 Å². The second kappa shape index (κ2) is 7.45. The van der Waals surface area contributed by atoms with Gasteiger partial charge in [0, 0.05) is 0 Å². The van der Waals surface area contributed by atoms with Crippen molar-refractivity contribution in [1.29, 1.82) is 0 Å². The Morgan fingerprint density at radius 1 is 1.09 bits per heavy atom. The van der Waals surface area contributed by atoms with E-state index in [1.165, 1.54) is 11.3 Å². The zero-order chi connectivity index (χ0) is 21.8. The normalized spacial score (nSPS) is 25.0. The van der Waals surface area contributed by atoms with Crippen LogP contribution in [0.1, 0.15) is 37.3 Å². The molecule has 3 unspecified atom stereocenters. The minimum Gasteiger partial charge on any atom is -0.497 e. The molecule has 0 saturated heterocycles. The summed E-state index contributed by atoms with van der Waals surface area (Å²) in [5.74, 6) is 0.561. The number of rotatable bonds is 3. The third-order valence-corrected chi connectivity index (χ3v) is 7.69. The molecule has 3 aliphatic rings. The largest absolute Gasteiger partial charge is 0.497 e. The molecule has 3 heterocycles. The van der Waals surface area contributed by atoms with Crippen LogP contribution in [0, 0.1) is 5.92 Å². The van der Waals surface area contributed by atoms with Crippen LogP contribution in [-0.4, -0.2) is 29.9 Å². The summed E-state index contributed by atoms with van der Waals surface area (Å²) in [5.41, 5.74) is 2.16. The second-order valence-corrected chi connectivity index (χ2v) is 9.48. The summed E-state index contributed by atoms with van der Waals surface area (Å²) in [4.78, 5) is 33.7. The predicted molar refractivity (Wildman–Crippen MR) is 122 cm³/mol. The summed E-state index contributed by atoms with van der Waals surface area (Å²) < 4.78 is 12.5. The van der Waals surface area contributed by atoms with Gasteiger partial charge in [-0.2, -0.15) is 0 Å². The van der Waals surface area contributed by atoms with Crippen molar-refractivity contribution >= 4 is 38.4 Å². The van der Waals surface area contributed by atoms with Crippen LogP contribution < -0.4 is 9.64 Å². The highest BCUT2D eigenvalue weighted by molar-refractivity contribution is 7.22. The monoisotopic (exact) mass is 446 g/mol. The molecule has 0 radical (unpaired) electrons. The number of carbonyl (C=O) groups excluding carboxylic acids is 2. The number of nitrogens with zero attached hydrogens (tertiary/aromatic N) is 2. The molecule has 1 amide bonds. The van der Waals surface area contributed by atoms with Crippen LogP contribution in [-0.2, 0) is 14.3 Å². The van der Waals surface area contributed by atoms with Gasteiger partial charge in [0.2, 0.25) is 0 Å². The van der Waals surface area contributed by atoms with Crippen molar-refractivity contribution < 1.29 is 19.1 Å². The van der Waals surface area contributed by atoms with Crippen LogP contribution in [0.3, 0.4) is 0 Å². The molecule has 162 valence electrons. The number of hydrogen-bond donors (Lipinski definition) is 0. The molecule has 7 heteroatoms. The Morgan fingerprint density at radius 3 is 2.72 bits per heavy atom. The average Bonchev–Trinajstić information content (AvgIpc) is 3.38. The molecule has 6 rings (SSSR count). The zero-order valence-corrected chi connectivity index (χ0v) is 18.4. The Bertz CT molecular complexity index is 1270. The van der Waals surface area contributed by atoms with E-state index in [4.69, 9.17) is 14.5 Å². The minimum absolute atomic E-state index is 0.0587. The molecule has 1 aliphatic carbocycles. The van der Waals surface area contributed by atoms with E-state index in [9.17, 15) is 9.59 Å². The SMILES string of the molecule is COc1ccc2nc(N3C(=O)C4=C(C(=O)C5CCCCC5O4)C3c3ccccc3)sc2c1. The van der Waals surface area contributed by atoms with Gasteiger partial charge in [-0.05, 0) is 43.0 Å². The number of aromatic nitrogens is 1. The van der Waals surface area contributed by atoms with Crippen LogP contribution in [0.25, 0.3) is 10.2 Å². The van der Waals surface area contributed by atoms with Gasteiger partial charge < -0.3 is 9.47 Å². The van der Waals surface area contributed by atoms with E-state index in [2.05, 4.69) is 0 Å². The first-order valence-electron chi connectivity index (χ1n) is 10.9. The number of methoxy groups -OCH3 is 1. The maximum absolute atomic E-state index is 13.7. The van der Waals surface area contributed by atoms with E-state index in [1.54, 1.807) is 12.0 Å². The number of Topliss-reactive ketones (excluding diaryl/α,β-unsaturated/α-hetero) is 1. The maximum atomic E-state index is 13.7. The van der Waals surface area contributed by atoms with Crippen LogP contribution in [0.4, 0.5) is 5.13 Å². The number of ether oxygens (including phenoxy) is 2. The van der Waals surface area contributed by atoms with Gasteiger partial charge >= 0.3 is 0 Å².